The van der Waals surface area contributed by atoms with Gasteiger partial charge in [0.1, 0.15) is 22.7 Å². The number of carbonyl (C=O) groups excluding carboxylic acids is 1. The van der Waals surface area contributed by atoms with E-state index in [1.807, 2.05) is 23.1 Å². The van der Waals surface area contributed by atoms with Gasteiger partial charge in [0.15, 0.2) is 5.65 Å². The highest BCUT2D eigenvalue weighted by Gasteiger charge is 2.30. The summed E-state index contributed by atoms with van der Waals surface area (Å²) in [5.41, 5.74) is 0.672. The standard InChI is InChI=1S/C26H37N7O2/c1-16(2)18-7-9-19(10-8-18)33-15-21(23(31-33)26(3,4)35)29-25(34)20-14-28-32-12-11-22(30-24(20)32)27-13-17-5-6-17/h11-12,14-19,35H,5-10,13H2,1-4H3,(H,27,30)(H,29,34). The minimum absolute atomic E-state index is 0.274. The molecule has 2 fully saturated rings. The minimum atomic E-state index is -1.19. The van der Waals surface area contributed by atoms with Crippen LogP contribution in [-0.2, 0) is 5.60 Å². The van der Waals surface area contributed by atoms with E-state index in [0.29, 0.717) is 28.5 Å². The van der Waals surface area contributed by atoms with Gasteiger partial charge in [-0.1, -0.05) is 13.8 Å². The highest BCUT2D eigenvalue weighted by molar-refractivity contribution is 6.08. The molecule has 2 aliphatic rings. The molecule has 3 aromatic heterocycles. The molecule has 9 heteroatoms. The molecule has 3 heterocycles. The lowest BCUT2D eigenvalue weighted by molar-refractivity contribution is 0.0729. The summed E-state index contributed by atoms with van der Waals surface area (Å²) in [6.45, 7) is 8.87. The van der Waals surface area contributed by atoms with Crippen LogP contribution in [0.3, 0.4) is 0 Å². The van der Waals surface area contributed by atoms with E-state index in [1.54, 1.807) is 18.4 Å². The number of hydrogen-bond donors (Lipinski definition) is 3. The lowest BCUT2D eigenvalue weighted by Gasteiger charge is -2.31. The number of hydrogen-bond acceptors (Lipinski definition) is 6. The maximum absolute atomic E-state index is 13.3. The maximum atomic E-state index is 13.3. The van der Waals surface area contributed by atoms with Gasteiger partial charge in [-0.05, 0) is 76.2 Å². The van der Waals surface area contributed by atoms with Crippen LogP contribution in [0.1, 0.15) is 88.3 Å². The summed E-state index contributed by atoms with van der Waals surface area (Å²) in [5.74, 6) is 2.58. The summed E-state index contributed by atoms with van der Waals surface area (Å²) in [4.78, 5) is 17.9. The SMILES string of the molecule is CC(C)C1CCC(n2cc(NC(=O)c3cnn4ccc(NCC5CC5)nc34)c(C(C)(C)O)n2)CC1. The predicted octanol–water partition coefficient (Wildman–Crippen LogP) is 4.61. The number of rotatable bonds is 8. The smallest absolute Gasteiger partial charge is 0.261 e. The normalized spacial score (nSPS) is 21.0. The van der Waals surface area contributed by atoms with Crippen molar-refractivity contribution in [3.05, 3.63) is 35.9 Å². The molecular formula is C26H37N7O2. The van der Waals surface area contributed by atoms with Crippen LogP contribution in [0.5, 0.6) is 0 Å². The maximum Gasteiger partial charge on any atom is 0.261 e. The van der Waals surface area contributed by atoms with Gasteiger partial charge in [0.2, 0.25) is 0 Å². The fourth-order valence-corrected chi connectivity index (χ4v) is 5.04. The molecule has 2 aliphatic carbocycles. The molecule has 0 atom stereocenters. The van der Waals surface area contributed by atoms with Gasteiger partial charge in [-0.3, -0.25) is 9.48 Å². The monoisotopic (exact) mass is 479 g/mol. The van der Waals surface area contributed by atoms with Crippen molar-refractivity contribution in [2.24, 2.45) is 17.8 Å². The van der Waals surface area contributed by atoms with Crippen molar-refractivity contribution in [3.8, 4) is 0 Å². The topological polar surface area (TPSA) is 109 Å². The zero-order valence-electron chi connectivity index (χ0n) is 21.2. The largest absolute Gasteiger partial charge is 0.384 e. The first-order valence-electron chi connectivity index (χ1n) is 12.9. The van der Waals surface area contributed by atoms with Gasteiger partial charge < -0.3 is 15.7 Å². The number of aromatic nitrogens is 5. The van der Waals surface area contributed by atoms with E-state index >= 15 is 0 Å². The molecule has 2 saturated carbocycles. The van der Waals surface area contributed by atoms with Crippen LogP contribution in [0.4, 0.5) is 11.5 Å². The van der Waals surface area contributed by atoms with E-state index in [1.165, 1.54) is 31.9 Å². The van der Waals surface area contributed by atoms with Crippen LogP contribution >= 0.6 is 0 Å². The van der Waals surface area contributed by atoms with Crippen LogP contribution in [0.2, 0.25) is 0 Å². The molecule has 1 amide bonds. The molecule has 188 valence electrons. The second-order valence-electron chi connectivity index (χ2n) is 11.2. The average molecular weight is 480 g/mol. The highest BCUT2D eigenvalue weighted by Crippen LogP contribution is 2.37. The van der Waals surface area contributed by atoms with E-state index in [9.17, 15) is 9.90 Å². The van der Waals surface area contributed by atoms with Gasteiger partial charge in [-0.15, -0.1) is 0 Å². The number of carbonyl (C=O) groups is 1. The Morgan fingerprint density at radius 2 is 1.94 bits per heavy atom. The molecule has 3 N–H and O–H groups in total. The number of fused-ring (bicyclic) bond motifs is 1. The molecule has 0 bridgehead atoms. The van der Waals surface area contributed by atoms with Crippen LogP contribution in [-0.4, -0.2) is 41.9 Å². The van der Waals surface area contributed by atoms with Crippen LogP contribution in [0.25, 0.3) is 5.65 Å². The van der Waals surface area contributed by atoms with E-state index in [4.69, 9.17) is 5.10 Å². The number of anilines is 2. The molecule has 0 spiro atoms. The Balaban J connectivity index is 1.36. The van der Waals surface area contributed by atoms with Crippen molar-refractivity contribution in [2.75, 3.05) is 17.2 Å². The Kier molecular flexibility index (Phi) is 6.29. The zero-order chi connectivity index (χ0) is 24.7. The Hall–Kier alpha value is -2.94. The predicted molar refractivity (Wildman–Crippen MR) is 135 cm³/mol. The molecule has 3 aromatic rings. The molecule has 0 radical (unpaired) electrons. The summed E-state index contributed by atoms with van der Waals surface area (Å²) in [6.07, 6.45) is 12.2. The third-order valence-corrected chi connectivity index (χ3v) is 7.50. The summed E-state index contributed by atoms with van der Waals surface area (Å²) < 4.78 is 3.54. The lowest BCUT2D eigenvalue weighted by Crippen LogP contribution is -2.23. The summed E-state index contributed by atoms with van der Waals surface area (Å²) in [6, 6.07) is 2.14. The summed E-state index contributed by atoms with van der Waals surface area (Å²) >= 11 is 0. The van der Waals surface area contributed by atoms with Gasteiger partial charge in [-0.25, -0.2) is 9.50 Å². The highest BCUT2D eigenvalue weighted by atomic mass is 16.3. The average Bonchev–Trinajstić information content (AvgIpc) is 3.39. The number of amides is 1. The molecule has 9 nitrogen and oxygen atoms in total. The first-order valence-corrected chi connectivity index (χ1v) is 12.9. The van der Waals surface area contributed by atoms with Crippen molar-refractivity contribution < 1.29 is 9.90 Å². The van der Waals surface area contributed by atoms with Crippen molar-refractivity contribution in [3.63, 3.8) is 0 Å². The Labute approximate surface area is 206 Å². The Bertz CT molecular complexity index is 1190. The number of aliphatic hydroxyl groups is 1. The van der Waals surface area contributed by atoms with Gasteiger partial charge in [0.25, 0.3) is 5.91 Å². The molecule has 5 rings (SSSR count). The second kappa shape index (κ2) is 9.26. The number of nitrogens with zero attached hydrogens (tertiary/aromatic N) is 5. The third kappa shape index (κ3) is 5.19. The van der Waals surface area contributed by atoms with Gasteiger partial charge >= 0.3 is 0 Å². The quantitative estimate of drug-likeness (QED) is 0.435. The molecule has 35 heavy (non-hydrogen) atoms. The first kappa shape index (κ1) is 23.8. The van der Waals surface area contributed by atoms with Gasteiger partial charge in [-0.2, -0.15) is 10.2 Å². The van der Waals surface area contributed by atoms with Gasteiger partial charge in [0, 0.05) is 18.9 Å². The van der Waals surface area contributed by atoms with Crippen LogP contribution in [0, 0.1) is 17.8 Å². The fourth-order valence-electron chi connectivity index (χ4n) is 5.04. The van der Waals surface area contributed by atoms with E-state index in [2.05, 4.69) is 34.6 Å². The summed E-state index contributed by atoms with van der Waals surface area (Å²) in [5, 5.41) is 26.2. The van der Waals surface area contributed by atoms with Crippen molar-refractivity contribution in [1.29, 1.82) is 0 Å². The van der Waals surface area contributed by atoms with E-state index in [0.717, 1.165) is 37.0 Å². The Morgan fingerprint density at radius 1 is 1.20 bits per heavy atom. The van der Waals surface area contributed by atoms with Gasteiger partial charge in [0.05, 0.1) is 17.9 Å². The van der Waals surface area contributed by atoms with Crippen LogP contribution in [0.15, 0.2) is 24.7 Å². The lowest BCUT2D eigenvalue weighted by atomic mass is 9.80. The van der Waals surface area contributed by atoms with Crippen LogP contribution < -0.4 is 10.6 Å². The number of nitrogens with one attached hydrogen (secondary N) is 2. The van der Waals surface area contributed by atoms with E-state index < -0.39 is 5.60 Å². The zero-order valence-corrected chi connectivity index (χ0v) is 21.2. The van der Waals surface area contributed by atoms with Crippen molar-refractivity contribution in [1.82, 2.24) is 24.4 Å². The van der Waals surface area contributed by atoms with E-state index in [-0.39, 0.29) is 11.9 Å². The molecule has 0 unspecified atom stereocenters. The second-order valence-corrected chi connectivity index (χ2v) is 11.2. The molecule has 0 aromatic carbocycles. The molecular weight excluding hydrogens is 442 g/mol. The molecule has 0 aliphatic heterocycles. The van der Waals surface area contributed by atoms with Crippen molar-refractivity contribution in [2.45, 2.75) is 77.9 Å². The minimum Gasteiger partial charge on any atom is -0.384 e. The third-order valence-electron chi connectivity index (χ3n) is 7.50. The molecule has 0 saturated heterocycles. The fraction of sp³-hybridized carbons (Fsp3) is 0.615. The Morgan fingerprint density at radius 3 is 2.60 bits per heavy atom. The summed E-state index contributed by atoms with van der Waals surface area (Å²) in [7, 11) is 0. The van der Waals surface area contributed by atoms with Crippen molar-refractivity contribution >= 4 is 23.1 Å². The first-order chi connectivity index (χ1) is 16.7.